The van der Waals surface area contributed by atoms with Crippen LogP contribution in [-0.4, -0.2) is 51.8 Å². The van der Waals surface area contributed by atoms with Gasteiger partial charge in [0.05, 0.1) is 24.6 Å². The number of anilines is 3. The smallest absolute Gasteiger partial charge is 0.323 e. The van der Waals surface area contributed by atoms with Crippen LogP contribution in [0.4, 0.5) is 30.8 Å². The van der Waals surface area contributed by atoms with Gasteiger partial charge in [-0.05, 0) is 35.2 Å². The Bertz CT molecular complexity index is 1520. The average molecular weight is 536 g/mol. The zero-order valence-corrected chi connectivity index (χ0v) is 22.1. The average Bonchev–Trinajstić information content (AvgIpc) is 3.25. The molecule has 2 aromatic heterocycles. The SMILES string of the molecule is CC(C)(C)c1cccc(NC(=O)Nc2cc(F)c(-c3cc(CN4CCOCC4)n4ncnc(N)c34)cc2F)c1. The number of rotatable bonds is 5. The number of hydrogen-bond acceptors (Lipinski definition) is 6. The molecular formula is C28H31F2N7O2. The van der Waals surface area contributed by atoms with E-state index < -0.39 is 17.7 Å². The quantitative estimate of drug-likeness (QED) is 0.331. The molecular weight excluding hydrogens is 504 g/mol. The van der Waals surface area contributed by atoms with E-state index in [1.807, 2.05) is 18.2 Å². The number of carbonyl (C=O) groups is 1. The largest absolute Gasteiger partial charge is 0.382 e. The van der Waals surface area contributed by atoms with Crippen molar-refractivity contribution < 1.29 is 18.3 Å². The maximum Gasteiger partial charge on any atom is 0.323 e. The molecule has 3 heterocycles. The molecule has 2 aromatic carbocycles. The molecule has 204 valence electrons. The molecule has 0 bridgehead atoms. The van der Waals surface area contributed by atoms with Gasteiger partial charge in [0.1, 0.15) is 23.5 Å². The molecule has 0 unspecified atom stereocenters. The molecule has 0 spiro atoms. The molecule has 39 heavy (non-hydrogen) atoms. The molecule has 1 aliphatic rings. The van der Waals surface area contributed by atoms with Crippen molar-refractivity contribution in [1.29, 1.82) is 0 Å². The molecule has 4 N–H and O–H groups in total. The standard InChI is InChI=1S/C28H31F2N7O2/c1-28(2,3)17-5-4-6-18(11-17)34-27(38)35-24-14-22(29)20(13-23(24)30)21-12-19(15-36-7-9-39-10-8-36)37-25(21)26(31)32-16-33-37/h4-6,11-14,16H,7-10,15H2,1-3H3,(H2,31,32,33)(H2,34,35,38). The summed E-state index contributed by atoms with van der Waals surface area (Å²) in [6.45, 7) is 9.45. The number of ether oxygens (including phenoxy) is 1. The number of benzene rings is 2. The van der Waals surface area contributed by atoms with Crippen molar-refractivity contribution in [3.63, 3.8) is 0 Å². The third-order valence-electron chi connectivity index (χ3n) is 6.73. The second-order valence-electron chi connectivity index (χ2n) is 10.6. The van der Waals surface area contributed by atoms with Crippen LogP contribution in [0.5, 0.6) is 0 Å². The second kappa shape index (κ2) is 10.6. The van der Waals surface area contributed by atoms with Gasteiger partial charge in [-0.3, -0.25) is 4.90 Å². The Morgan fingerprint density at radius 3 is 2.56 bits per heavy atom. The van der Waals surface area contributed by atoms with Crippen molar-refractivity contribution >= 4 is 28.7 Å². The summed E-state index contributed by atoms with van der Waals surface area (Å²) in [5, 5.41) is 9.40. The third-order valence-corrected chi connectivity index (χ3v) is 6.73. The monoisotopic (exact) mass is 535 g/mol. The van der Waals surface area contributed by atoms with Gasteiger partial charge in [-0.25, -0.2) is 23.1 Å². The number of hydrogen-bond donors (Lipinski definition) is 3. The first-order chi connectivity index (χ1) is 18.6. The van der Waals surface area contributed by atoms with Gasteiger partial charge in [-0.15, -0.1) is 0 Å². The number of morpholine rings is 1. The summed E-state index contributed by atoms with van der Waals surface area (Å²) in [5.41, 5.74) is 8.81. The molecule has 1 fully saturated rings. The predicted octanol–water partition coefficient (Wildman–Crippen LogP) is 5.03. The van der Waals surface area contributed by atoms with Crippen LogP contribution in [0.2, 0.25) is 0 Å². The van der Waals surface area contributed by atoms with Gasteiger partial charge in [0.2, 0.25) is 0 Å². The molecule has 4 aromatic rings. The van der Waals surface area contributed by atoms with E-state index in [0.717, 1.165) is 36.5 Å². The fourth-order valence-corrected chi connectivity index (χ4v) is 4.64. The molecule has 11 heteroatoms. The van der Waals surface area contributed by atoms with E-state index in [4.69, 9.17) is 10.5 Å². The highest BCUT2D eigenvalue weighted by molar-refractivity contribution is 6.00. The van der Waals surface area contributed by atoms with Crippen LogP contribution in [0.1, 0.15) is 32.0 Å². The number of nitrogen functional groups attached to an aromatic ring is 1. The fourth-order valence-electron chi connectivity index (χ4n) is 4.64. The first kappa shape index (κ1) is 26.5. The molecule has 1 saturated heterocycles. The summed E-state index contributed by atoms with van der Waals surface area (Å²) < 4.78 is 37.7. The van der Waals surface area contributed by atoms with Crippen molar-refractivity contribution in [2.45, 2.75) is 32.7 Å². The molecule has 0 aliphatic carbocycles. The summed E-state index contributed by atoms with van der Waals surface area (Å²) in [4.78, 5) is 18.9. The van der Waals surface area contributed by atoms with Crippen molar-refractivity contribution in [1.82, 2.24) is 19.5 Å². The highest BCUT2D eigenvalue weighted by Gasteiger charge is 2.22. The van der Waals surface area contributed by atoms with Crippen molar-refractivity contribution in [2.75, 3.05) is 42.7 Å². The van der Waals surface area contributed by atoms with Gasteiger partial charge in [0.25, 0.3) is 0 Å². The summed E-state index contributed by atoms with van der Waals surface area (Å²) in [7, 11) is 0. The lowest BCUT2D eigenvalue weighted by atomic mass is 9.87. The Balaban J connectivity index is 1.42. The number of carbonyl (C=O) groups excluding carboxylic acids is 1. The summed E-state index contributed by atoms with van der Waals surface area (Å²) >= 11 is 0. The Labute approximate surface area is 225 Å². The van der Waals surface area contributed by atoms with Crippen LogP contribution < -0.4 is 16.4 Å². The van der Waals surface area contributed by atoms with Gasteiger partial charge >= 0.3 is 6.03 Å². The second-order valence-corrected chi connectivity index (χ2v) is 10.6. The number of nitrogens with zero attached hydrogens (tertiary/aromatic N) is 4. The van der Waals surface area contributed by atoms with E-state index in [1.165, 1.54) is 6.33 Å². The van der Waals surface area contributed by atoms with E-state index in [2.05, 4.69) is 46.4 Å². The number of fused-ring (bicyclic) bond motifs is 1. The lowest BCUT2D eigenvalue weighted by Crippen LogP contribution is -2.36. The van der Waals surface area contributed by atoms with Crippen molar-refractivity contribution in [3.05, 3.63) is 71.7 Å². The van der Waals surface area contributed by atoms with Crippen LogP contribution in [0.25, 0.3) is 16.6 Å². The topological polar surface area (TPSA) is 110 Å². The Morgan fingerprint density at radius 2 is 1.82 bits per heavy atom. The van der Waals surface area contributed by atoms with E-state index >= 15 is 8.78 Å². The number of aromatic nitrogens is 3. The van der Waals surface area contributed by atoms with Gasteiger partial charge in [0.15, 0.2) is 5.82 Å². The molecule has 0 radical (unpaired) electrons. The van der Waals surface area contributed by atoms with Crippen molar-refractivity contribution in [2.24, 2.45) is 0 Å². The zero-order chi connectivity index (χ0) is 27.7. The number of halogens is 2. The maximum atomic E-state index is 15.4. The third kappa shape index (κ3) is 5.69. The maximum absolute atomic E-state index is 15.4. The summed E-state index contributed by atoms with van der Waals surface area (Å²) in [6, 6.07) is 10.4. The number of nitrogens with one attached hydrogen (secondary N) is 2. The fraction of sp³-hybridized carbons (Fsp3) is 0.321. The molecule has 0 atom stereocenters. The zero-order valence-electron chi connectivity index (χ0n) is 22.1. The van der Waals surface area contributed by atoms with E-state index in [-0.39, 0.29) is 22.5 Å². The van der Waals surface area contributed by atoms with Gasteiger partial charge in [0, 0.05) is 42.5 Å². The number of urea groups is 1. The minimum atomic E-state index is -0.797. The molecule has 9 nitrogen and oxygen atoms in total. The summed E-state index contributed by atoms with van der Waals surface area (Å²) in [6.07, 6.45) is 1.33. The number of amides is 2. The summed E-state index contributed by atoms with van der Waals surface area (Å²) in [5.74, 6) is -1.38. The van der Waals surface area contributed by atoms with E-state index in [9.17, 15) is 4.79 Å². The number of nitrogens with two attached hydrogens (primary N) is 1. The lowest BCUT2D eigenvalue weighted by Gasteiger charge is -2.26. The molecule has 5 rings (SSSR count). The van der Waals surface area contributed by atoms with Crippen molar-refractivity contribution in [3.8, 4) is 11.1 Å². The van der Waals surface area contributed by atoms with E-state index in [0.29, 0.717) is 36.5 Å². The molecule has 2 amide bonds. The van der Waals surface area contributed by atoms with Crippen LogP contribution in [0, 0.1) is 11.6 Å². The van der Waals surface area contributed by atoms with Crippen LogP contribution in [0.3, 0.4) is 0 Å². The molecule has 0 saturated carbocycles. The van der Waals surface area contributed by atoms with Gasteiger partial charge in [-0.1, -0.05) is 32.9 Å². The van der Waals surface area contributed by atoms with Crippen LogP contribution in [-0.2, 0) is 16.7 Å². The van der Waals surface area contributed by atoms with Crippen LogP contribution >= 0.6 is 0 Å². The lowest BCUT2D eigenvalue weighted by molar-refractivity contribution is 0.0334. The first-order valence-electron chi connectivity index (χ1n) is 12.7. The Morgan fingerprint density at radius 1 is 1.05 bits per heavy atom. The minimum absolute atomic E-state index is 0.0106. The van der Waals surface area contributed by atoms with Gasteiger partial charge < -0.3 is 21.1 Å². The minimum Gasteiger partial charge on any atom is -0.382 e. The highest BCUT2D eigenvalue weighted by atomic mass is 19.1. The van der Waals surface area contributed by atoms with Crippen LogP contribution in [0.15, 0.2) is 48.8 Å². The predicted molar refractivity (Wildman–Crippen MR) is 147 cm³/mol. The Kier molecular flexibility index (Phi) is 7.19. The normalized spacial score (nSPS) is 14.5. The van der Waals surface area contributed by atoms with Gasteiger partial charge in [-0.2, -0.15) is 5.10 Å². The highest BCUT2D eigenvalue weighted by Crippen LogP contribution is 2.35. The molecule has 1 aliphatic heterocycles. The first-order valence-corrected chi connectivity index (χ1v) is 12.7. The van der Waals surface area contributed by atoms with E-state index in [1.54, 1.807) is 16.6 Å². The Hall–Kier alpha value is -4.09.